The molecule has 6 heterocycles. The van der Waals surface area contributed by atoms with Gasteiger partial charge in [0.05, 0.1) is 19.8 Å². The topological polar surface area (TPSA) is 108 Å². The first kappa shape index (κ1) is 27.5. The Morgan fingerprint density at radius 1 is 0.833 bits per heavy atom. The average Bonchev–Trinajstić information content (AvgIpc) is 2.99. The fourth-order valence-electron chi connectivity index (χ4n) is 5.09. The first-order valence-corrected chi connectivity index (χ1v) is 13.0. The zero-order valence-electron chi connectivity index (χ0n) is 22.1. The number of benzene rings is 1. The van der Waals surface area contributed by atoms with Gasteiger partial charge in [-0.05, 0) is 48.0 Å². The number of nitrogens with zero attached hydrogens (tertiary/aromatic N) is 5. The van der Waals surface area contributed by atoms with Crippen molar-refractivity contribution in [3.05, 3.63) is 95.7 Å². The second-order valence-electron chi connectivity index (χ2n) is 9.64. The van der Waals surface area contributed by atoms with Crippen LogP contribution in [0.4, 0.5) is 23.4 Å². The van der Waals surface area contributed by atoms with Crippen LogP contribution in [-0.4, -0.2) is 60.3 Å². The lowest BCUT2D eigenvalue weighted by Crippen LogP contribution is -2.43. The molecule has 7 rings (SSSR count). The van der Waals surface area contributed by atoms with E-state index in [1.165, 1.54) is 12.3 Å². The zero-order chi connectivity index (χ0) is 29.3. The minimum Gasteiger partial charge on any atom is -0.452 e. The van der Waals surface area contributed by atoms with Crippen LogP contribution in [0, 0.1) is 23.8 Å². The summed E-state index contributed by atoms with van der Waals surface area (Å²) >= 11 is 0. The number of nitrogens with two attached hydrogens (primary N) is 1. The number of hydrogen-bond donors (Lipinski definition) is 1. The van der Waals surface area contributed by atoms with E-state index < -0.39 is 29.3 Å². The Hall–Kier alpha value is -4.62. The van der Waals surface area contributed by atoms with Gasteiger partial charge in [-0.3, -0.25) is 4.99 Å². The third kappa shape index (κ3) is 5.23. The summed E-state index contributed by atoms with van der Waals surface area (Å²) < 4.78 is 70.6. The van der Waals surface area contributed by atoms with Crippen LogP contribution in [0.3, 0.4) is 0 Å². The van der Waals surface area contributed by atoms with Gasteiger partial charge >= 0.3 is 0 Å². The molecule has 13 heteroatoms. The second kappa shape index (κ2) is 11.3. The van der Waals surface area contributed by atoms with Crippen molar-refractivity contribution in [2.45, 2.75) is 5.54 Å². The molecule has 0 saturated carbocycles. The fraction of sp³-hybridized carbons (Fsp3) is 0.241. The minimum absolute atomic E-state index is 0.0214. The molecule has 216 valence electrons. The predicted octanol–water partition coefficient (Wildman–Crippen LogP) is 4.35. The van der Waals surface area contributed by atoms with Crippen LogP contribution in [0.1, 0.15) is 11.1 Å². The fourth-order valence-corrected chi connectivity index (χ4v) is 5.09. The Labute approximate surface area is 237 Å². The lowest BCUT2D eigenvalue weighted by atomic mass is 9.80. The molecule has 0 bridgehead atoms. The van der Waals surface area contributed by atoms with Gasteiger partial charge in [-0.15, -0.1) is 0 Å². The molecule has 1 fully saturated rings. The molecule has 3 aromatic heterocycles. The van der Waals surface area contributed by atoms with Crippen LogP contribution in [0.5, 0.6) is 11.5 Å². The number of halogens is 4. The molecule has 1 spiro atoms. The number of aromatic nitrogens is 3. The Kier molecular flexibility index (Phi) is 7.43. The molecular weight excluding hydrogens is 556 g/mol. The Bertz CT molecular complexity index is 1650. The molecule has 1 aromatic carbocycles. The summed E-state index contributed by atoms with van der Waals surface area (Å²) in [6, 6.07) is 13.6. The molecule has 0 radical (unpaired) electrons. The maximum absolute atomic E-state index is 15.3. The predicted molar refractivity (Wildman–Crippen MR) is 144 cm³/mol. The quantitative estimate of drug-likeness (QED) is 0.276. The van der Waals surface area contributed by atoms with Crippen LogP contribution < -0.4 is 15.4 Å². The molecule has 1 atom stereocenters. The average molecular weight is 581 g/mol. The number of anilines is 1. The van der Waals surface area contributed by atoms with Crippen LogP contribution in [0.15, 0.2) is 65.8 Å². The standard InChI is InChI=1S/C24H21F2N5O3.C5H3F2N/c25-22-15(2-1-5-28-22)14-3-4-18-16(10-14)24(13-33-12-19(27)30-24)17-11-20(29-23(26)21(17)34-18)31-6-8-32-9-7-31;6-4-2-1-3-5(7)8-4/h1-5,10-11H,6-9,12-13H2,(H2,27,30);1-3H/t24-;/m0./s1. The van der Waals surface area contributed by atoms with Crippen molar-refractivity contribution in [2.75, 3.05) is 44.4 Å². The second-order valence-corrected chi connectivity index (χ2v) is 9.64. The molecule has 2 N–H and O–H groups in total. The van der Waals surface area contributed by atoms with E-state index in [0.29, 0.717) is 60.1 Å². The third-order valence-corrected chi connectivity index (χ3v) is 6.98. The molecule has 42 heavy (non-hydrogen) atoms. The number of aliphatic imine (C=N–C) groups is 1. The van der Waals surface area contributed by atoms with Gasteiger partial charge in [0.1, 0.15) is 29.5 Å². The lowest BCUT2D eigenvalue weighted by molar-refractivity contribution is 0.109. The van der Waals surface area contributed by atoms with E-state index in [9.17, 15) is 13.2 Å². The van der Waals surface area contributed by atoms with Crippen molar-refractivity contribution in [1.29, 1.82) is 0 Å². The van der Waals surface area contributed by atoms with Crippen LogP contribution >= 0.6 is 0 Å². The van der Waals surface area contributed by atoms with Gasteiger partial charge in [-0.25, -0.2) is 4.98 Å². The highest BCUT2D eigenvalue weighted by atomic mass is 19.1. The highest BCUT2D eigenvalue weighted by molar-refractivity contribution is 5.84. The van der Waals surface area contributed by atoms with Crippen LogP contribution in [0.25, 0.3) is 11.1 Å². The third-order valence-electron chi connectivity index (χ3n) is 6.98. The SMILES string of the molecule is Fc1cccc(F)n1.NC1=N[C@@]2(COC1)c1cc(-c3cccnc3F)ccc1Oc1c2cc(N2CCOCC2)nc1F. The molecule has 1 saturated heterocycles. The number of hydrogen-bond acceptors (Lipinski definition) is 9. The Morgan fingerprint density at radius 2 is 1.62 bits per heavy atom. The van der Waals surface area contributed by atoms with E-state index >= 15 is 4.39 Å². The van der Waals surface area contributed by atoms with Crippen molar-refractivity contribution < 1.29 is 31.8 Å². The molecule has 3 aliphatic heterocycles. The number of fused-ring (bicyclic) bond motifs is 4. The molecular formula is C29H24F4N6O3. The van der Waals surface area contributed by atoms with E-state index in [1.54, 1.807) is 36.4 Å². The molecule has 9 nitrogen and oxygen atoms in total. The van der Waals surface area contributed by atoms with Crippen LogP contribution in [0.2, 0.25) is 0 Å². The van der Waals surface area contributed by atoms with Gasteiger partial charge in [0.25, 0.3) is 5.95 Å². The van der Waals surface area contributed by atoms with E-state index in [4.69, 9.17) is 24.9 Å². The first-order chi connectivity index (χ1) is 20.3. The van der Waals surface area contributed by atoms with Crippen molar-refractivity contribution >= 4 is 11.7 Å². The summed E-state index contributed by atoms with van der Waals surface area (Å²) in [5, 5.41) is 0. The monoisotopic (exact) mass is 580 g/mol. The van der Waals surface area contributed by atoms with Gasteiger partial charge in [0.15, 0.2) is 5.75 Å². The Morgan fingerprint density at radius 3 is 2.31 bits per heavy atom. The van der Waals surface area contributed by atoms with E-state index in [2.05, 4.69) is 15.0 Å². The van der Waals surface area contributed by atoms with Crippen LogP contribution in [-0.2, 0) is 15.0 Å². The highest BCUT2D eigenvalue weighted by Crippen LogP contribution is 2.52. The largest absolute Gasteiger partial charge is 0.452 e. The smallest absolute Gasteiger partial charge is 0.258 e. The Balaban J connectivity index is 0.000000343. The van der Waals surface area contributed by atoms with Crippen molar-refractivity contribution in [1.82, 2.24) is 15.0 Å². The van der Waals surface area contributed by atoms with Crippen molar-refractivity contribution in [3.63, 3.8) is 0 Å². The van der Waals surface area contributed by atoms with Gasteiger partial charge in [0.2, 0.25) is 17.8 Å². The maximum Gasteiger partial charge on any atom is 0.258 e. The maximum atomic E-state index is 15.3. The summed E-state index contributed by atoms with van der Waals surface area (Å²) in [6.07, 6.45) is 1.39. The normalized spacial score (nSPS) is 19.1. The number of ether oxygens (including phenoxy) is 3. The van der Waals surface area contributed by atoms with Gasteiger partial charge < -0.3 is 24.8 Å². The van der Waals surface area contributed by atoms with Crippen molar-refractivity contribution in [3.8, 4) is 22.6 Å². The molecule has 0 aliphatic carbocycles. The zero-order valence-corrected chi connectivity index (χ0v) is 22.1. The molecule has 0 unspecified atom stereocenters. The molecule has 3 aliphatic rings. The van der Waals surface area contributed by atoms with Gasteiger partial charge in [-0.2, -0.15) is 27.5 Å². The first-order valence-electron chi connectivity index (χ1n) is 13.0. The van der Waals surface area contributed by atoms with Gasteiger partial charge in [-0.1, -0.05) is 12.1 Å². The van der Waals surface area contributed by atoms with Gasteiger partial charge in [0, 0.05) is 36.0 Å². The molecule has 0 amide bonds. The summed E-state index contributed by atoms with van der Waals surface area (Å²) in [7, 11) is 0. The highest BCUT2D eigenvalue weighted by Gasteiger charge is 2.47. The lowest BCUT2D eigenvalue weighted by Gasteiger charge is -2.40. The number of amidine groups is 1. The molecule has 4 aromatic rings. The number of pyridine rings is 3. The summed E-state index contributed by atoms with van der Waals surface area (Å²) in [4.78, 5) is 17.5. The van der Waals surface area contributed by atoms with E-state index in [0.717, 1.165) is 12.1 Å². The number of rotatable bonds is 2. The summed E-state index contributed by atoms with van der Waals surface area (Å²) in [5.41, 5.74) is 6.92. The summed E-state index contributed by atoms with van der Waals surface area (Å²) in [6.45, 7) is 2.50. The van der Waals surface area contributed by atoms with E-state index in [1.807, 2.05) is 4.90 Å². The van der Waals surface area contributed by atoms with Crippen molar-refractivity contribution in [2.24, 2.45) is 10.7 Å². The van der Waals surface area contributed by atoms with E-state index in [-0.39, 0.29) is 24.8 Å². The minimum atomic E-state index is -1.18. The number of morpholine rings is 1. The summed E-state index contributed by atoms with van der Waals surface area (Å²) in [5.74, 6) is -1.83.